The molecule has 2 amide bonds. The van der Waals surface area contributed by atoms with Crippen molar-refractivity contribution in [2.24, 2.45) is 0 Å². The normalized spacial score (nSPS) is 16.4. The van der Waals surface area contributed by atoms with Gasteiger partial charge in [0, 0.05) is 37.2 Å². The van der Waals surface area contributed by atoms with Gasteiger partial charge in [-0.25, -0.2) is 4.79 Å². The van der Waals surface area contributed by atoms with Gasteiger partial charge in [-0.3, -0.25) is 5.10 Å². The van der Waals surface area contributed by atoms with E-state index in [1.165, 1.54) is 11.3 Å². The number of hydrogen-bond acceptors (Lipinski definition) is 3. The summed E-state index contributed by atoms with van der Waals surface area (Å²) >= 11 is 0. The molecule has 2 aromatic rings. The van der Waals surface area contributed by atoms with E-state index in [9.17, 15) is 4.79 Å². The molecular weight excluding hydrogens is 302 g/mol. The number of urea groups is 1. The van der Waals surface area contributed by atoms with Crippen LogP contribution in [0, 0.1) is 13.8 Å². The van der Waals surface area contributed by atoms with E-state index in [1.807, 2.05) is 34.1 Å². The number of aryl methyl sites for hydroxylation is 3. The first-order valence-corrected chi connectivity index (χ1v) is 8.31. The molecule has 0 radical (unpaired) electrons. The van der Waals surface area contributed by atoms with Gasteiger partial charge in [-0.2, -0.15) is 5.10 Å². The van der Waals surface area contributed by atoms with Crippen LogP contribution in [0.5, 0.6) is 0 Å². The number of H-pyrrole nitrogens is 1. The van der Waals surface area contributed by atoms with Crippen LogP contribution in [0.1, 0.15) is 28.8 Å². The van der Waals surface area contributed by atoms with Gasteiger partial charge in [0.1, 0.15) is 0 Å². The first-order valence-electron chi connectivity index (χ1n) is 8.31. The van der Waals surface area contributed by atoms with Crippen LogP contribution in [0.25, 0.3) is 0 Å². The standard InChI is InChI=1S/C18H25N5O/c1-11-7-15(23(3)4)8-12(2)17(11)21-18(24)20-14-5-6-16-13(9-14)10-19-22-16/h7-8,10,14H,5-6,9H2,1-4H3,(H,19,22)(H2,20,21,24)/t14-/m0/s1. The van der Waals surface area contributed by atoms with Crippen molar-refractivity contribution in [1.29, 1.82) is 0 Å². The Morgan fingerprint density at radius 1 is 1.29 bits per heavy atom. The summed E-state index contributed by atoms with van der Waals surface area (Å²) in [4.78, 5) is 14.5. The lowest BCUT2D eigenvalue weighted by atomic mass is 9.94. The zero-order valence-electron chi connectivity index (χ0n) is 14.7. The molecule has 1 aliphatic rings. The van der Waals surface area contributed by atoms with Crippen molar-refractivity contribution in [1.82, 2.24) is 15.5 Å². The molecule has 3 N–H and O–H groups in total. The minimum absolute atomic E-state index is 0.143. The van der Waals surface area contributed by atoms with Crippen molar-refractivity contribution in [2.75, 3.05) is 24.3 Å². The summed E-state index contributed by atoms with van der Waals surface area (Å²) in [7, 11) is 4.03. The Hall–Kier alpha value is -2.50. The molecule has 0 spiro atoms. The van der Waals surface area contributed by atoms with Crippen molar-refractivity contribution >= 4 is 17.4 Å². The molecule has 0 saturated heterocycles. The van der Waals surface area contributed by atoms with E-state index in [1.54, 1.807) is 0 Å². The summed E-state index contributed by atoms with van der Waals surface area (Å²) in [6.45, 7) is 4.04. The minimum Gasteiger partial charge on any atom is -0.378 e. The van der Waals surface area contributed by atoms with E-state index >= 15 is 0 Å². The summed E-state index contributed by atoms with van der Waals surface area (Å²) in [5, 5.41) is 13.2. The number of nitrogens with one attached hydrogen (secondary N) is 3. The molecule has 3 rings (SSSR count). The van der Waals surface area contributed by atoms with E-state index in [-0.39, 0.29) is 12.1 Å². The van der Waals surface area contributed by atoms with Crippen molar-refractivity contribution in [3.63, 3.8) is 0 Å². The molecule has 1 heterocycles. The van der Waals surface area contributed by atoms with Gasteiger partial charge >= 0.3 is 6.03 Å². The molecular formula is C18H25N5O. The number of carbonyl (C=O) groups excluding carboxylic acids is 1. The Balaban J connectivity index is 1.65. The number of rotatable bonds is 3. The van der Waals surface area contributed by atoms with Gasteiger partial charge in [0.2, 0.25) is 0 Å². The van der Waals surface area contributed by atoms with Crippen molar-refractivity contribution < 1.29 is 4.79 Å². The van der Waals surface area contributed by atoms with Gasteiger partial charge < -0.3 is 15.5 Å². The van der Waals surface area contributed by atoms with E-state index < -0.39 is 0 Å². The number of aromatic amines is 1. The predicted molar refractivity (Wildman–Crippen MR) is 96.8 cm³/mol. The molecule has 1 aromatic heterocycles. The van der Waals surface area contributed by atoms with Gasteiger partial charge in [-0.1, -0.05) is 0 Å². The number of aromatic nitrogens is 2. The maximum atomic E-state index is 12.4. The molecule has 6 nitrogen and oxygen atoms in total. The molecule has 1 aliphatic carbocycles. The van der Waals surface area contributed by atoms with Crippen LogP contribution < -0.4 is 15.5 Å². The average Bonchev–Trinajstić information content (AvgIpc) is 2.98. The summed E-state index contributed by atoms with van der Waals surface area (Å²) in [5.41, 5.74) is 6.55. The van der Waals surface area contributed by atoms with Gasteiger partial charge in [-0.05, 0) is 61.9 Å². The number of carbonyl (C=O) groups is 1. The summed E-state index contributed by atoms with van der Waals surface area (Å²) in [6.07, 6.45) is 4.54. The molecule has 24 heavy (non-hydrogen) atoms. The van der Waals surface area contributed by atoms with E-state index in [2.05, 4.69) is 37.9 Å². The first kappa shape index (κ1) is 16.4. The Kier molecular flexibility index (Phi) is 4.46. The number of benzene rings is 1. The first-order chi connectivity index (χ1) is 11.4. The fraction of sp³-hybridized carbons (Fsp3) is 0.444. The number of nitrogens with zero attached hydrogens (tertiary/aromatic N) is 2. The predicted octanol–water partition coefficient (Wildman–Crippen LogP) is 2.77. The lowest BCUT2D eigenvalue weighted by Crippen LogP contribution is -2.41. The van der Waals surface area contributed by atoms with Crippen molar-refractivity contribution in [3.05, 3.63) is 40.7 Å². The SMILES string of the molecule is Cc1cc(N(C)C)cc(C)c1NC(=O)N[C@H]1CCc2[nH]ncc2C1. The van der Waals surface area contributed by atoms with Crippen LogP contribution in [-0.4, -0.2) is 36.4 Å². The second kappa shape index (κ2) is 6.55. The van der Waals surface area contributed by atoms with Crippen LogP contribution in [-0.2, 0) is 12.8 Å². The third kappa shape index (κ3) is 3.37. The fourth-order valence-corrected chi connectivity index (χ4v) is 3.27. The molecule has 128 valence electrons. The highest BCUT2D eigenvalue weighted by molar-refractivity contribution is 5.91. The molecule has 0 unspecified atom stereocenters. The number of amides is 2. The molecule has 6 heteroatoms. The molecule has 1 atom stereocenters. The van der Waals surface area contributed by atoms with Gasteiger partial charge in [0.25, 0.3) is 0 Å². The fourth-order valence-electron chi connectivity index (χ4n) is 3.27. The number of fused-ring (bicyclic) bond motifs is 1. The topological polar surface area (TPSA) is 73.1 Å². The number of anilines is 2. The minimum atomic E-state index is -0.143. The van der Waals surface area contributed by atoms with Gasteiger partial charge in [0.05, 0.1) is 6.20 Å². The van der Waals surface area contributed by atoms with Crippen LogP contribution in [0.2, 0.25) is 0 Å². The molecule has 1 aromatic carbocycles. The maximum Gasteiger partial charge on any atom is 0.319 e. The Bertz CT molecular complexity index is 727. The largest absolute Gasteiger partial charge is 0.378 e. The highest BCUT2D eigenvalue weighted by Crippen LogP contribution is 2.26. The van der Waals surface area contributed by atoms with E-state index in [0.29, 0.717) is 0 Å². The van der Waals surface area contributed by atoms with Crippen LogP contribution in [0.15, 0.2) is 18.3 Å². The summed E-state index contributed by atoms with van der Waals surface area (Å²) < 4.78 is 0. The maximum absolute atomic E-state index is 12.4. The summed E-state index contributed by atoms with van der Waals surface area (Å²) in [5.74, 6) is 0. The lowest BCUT2D eigenvalue weighted by Gasteiger charge is -2.24. The zero-order valence-corrected chi connectivity index (χ0v) is 14.7. The quantitative estimate of drug-likeness (QED) is 0.811. The number of hydrogen-bond donors (Lipinski definition) is 3. The highest BCUT2D eigenvalue weighted by atomic mass is 16.2. The smallest absolute Gasteiger partial charge is 0.319 e. The van der Waals surface area contributed by atoms with E-state index in [0.717, 1.165) is 41.8 Å². The Morgan fingerprint density at radius 3 is 2.67 bits per heavy atom. The average molecular weight is 327 g/mol. The molecule has 0 saturated carbocycles. The summed E-state index contributed by atoms with van der Waals surface area (Å²) in [6, 6.07) is 4.18. The molecule has 0 bridgehead atoms. The second-order valence-corrected chi connectivity index (χ2v) is 6.76. The van der Waals surface area contributed by atoms with Gasteiger partial charge in [-0.15, -0.1) is 0 Å². The van der Waals surface area contributed by atoms with Crippen LogP contribution >= 0.6 is 0 Å². The van der Waals surface area contributed by atoms with Crippen LogP contribution in [0.3, 0.4) is 0 Å². The van der Waals surface area contributed by atoms with Gasteiger partial charge in [0.15, 0.2) is 0 Å². The third-order valence-corrected chi connectivity index (χ3v) is 4.62. The van der Waals surface area contributed by atoms with Crippen LogP contribution in [0.4, 0.5) is 16.2 Å². The monoisotopic (exact) mass is 327 g/mol. The van der Waals surface area contributed by atoms with E-state index in [4.69, 9.17) is 0 Å². The lowest BCUT2D eigenvalue weighted by molar-refractivity contribution is 0.247. The zero-order chi connectivity index (χ0) is 17.3. The van der Waals surface area contributed by atoms with Crippen molar-refractivity contribution in [2.45, 2.75) is 39.2 Å². The third-order valence-electron chi connectivity index (χ3n) is 4.62. The van der Waals surface area contributed by atoms with Crippen molar-refractivity contribution in [3.8, 4) is 0 Å². The second-order valence-electron chi connectivity index (χ2n) is 6.76. The molecule has 0 aliphatic heterocycles. The highest BCUT2D eigenvalue weighted by Gasteiger charge is 2.22. The molecule has 0 fully saturated rings. The Morgan fingerprint density at radius 2 is 2.00 bits per heavy atom. The Labute approximate surface area is 142 Å².